The van der Waals surface area contributed by atoms with Gasteiger partial charge in [0.15, 0.2) is 0 Å². The Morgan fingerprint density at radius 3 is 2.42 bits per heavy atom. The fraction of sp³-hybridized carbons (Fsp3) is 0.111. The number of alkyl halides is 3. The zero-order valence-electron chi connectivity index (χ0n) is 13.3. The van der Waals surface area contributed by atoms with Crippen molar-refractivity contribution in [2.75, 3.05) is 7.11 Å². The number of nitrogens with zero attached hydrogens (tertiary/aromatic N) is 1. The molecule has 0 unspecified atom stereocenters. The van der Waals surface area contributed by atoms with Crippen LogP contribution in [0.2, 0.25) is 0 Å². The van der Waals surface area contributed by atoms with Crippen molar-refractivity contribution in [3.63, 3.8) is 0 Å². The molecule has 0 spiro atoms. The largest absolute Gasteiger partial charge is 0.497 e. The van der Waals surface area contributed by atoms with Crippen LogP contribution in [0.3, 0.4) is 0 Å². The molecular formula is C18H11F4NO3. The molecule has 1 heterocycles. The molecule has 0 aliphatic carbocycles. The topological polar surface area (TPSA) is 59.4 Å². The van der Waals surface area contributed by atoms with E-state index in [0.29, 0.717) is 11.5 Å². The molecule has 4 nitrogen and oxygen atoms in total. The Morgan fingerprint density at radius 2 is 1.85 bits per heavy atom. The van der Waals surface area contributed by atoms with Gasteiger partial charge in [-0.3, -0.25) is 4.98 Å². The molecule has 8 heteroatoms. The van der Waals surface area contributed by atoms with Crippen molar-refractivity contribution in [3.8, 4) is 16.9 Å². The summed E-state index contributed by atoms with van der Waals surface area (Å²) in [4.78, 5) is 15.1. The van der Waals surface area contributed by atoms with Gasteiger partial charge in [-0.2, -0.15) is 13.2 Å². The lowest BCUT2D eigenvalue weighted by Gasteiger charge is -2.12. The quantitative estimate of drug-likeness (QED) is 0.680. The van der Waals surface area contributed by atoms with E-state index in [0.717, 1.165) is 18.3 Å². The first-order chi connectivity index (χ1) is 12.2. The van der Waals surface area contributed by atoms with Crippen LogP contribution in [0, 0.1) is 5.82 Å². The number of benzene rings is 2. The highest BCUT2D eigenvalue weighted by atomic mass is 19.4. The molecule has 0 saturated heterocycles. The van der Waals surface area contributed by atoms with Gasteiger partial charge in [-0.05, 0) is 30.3 Å². The van der Waals surface area contributed by atoms with Crippen LogP contribution in [0.15, 0.2) is 42.6 Å². The molecule has 0 amide bonds. The van der Waals surface area contributed by atoms with Crippen LogP contribution in [0.25, 0.3) is 22.0 Å². The Morgan fingerprint density at radius 1 is 1.12 bits per heavy atom. The van der Waals surface area contributed by atoms with Crippen molar-refractivity contribution in [1.82, 2.24) is 4.98 Å². The number of halogens is 4. The number of methoxy groups -OCH3 is 1. The van der Waals surface area contributed by atoms with Crippen LogP contribution >= 0.6 is 0 Å². The fourth-order valence-electron chi connectivity index (χ4n) is 2.57. The molecule has 2 aromatic carbocycles. The van der Waals surface area contributed by atoms with Crippen molar-refractivity contribution >= 4 is 16.9 Å². The normalized spacial score (nSPS) is 11.6. The average Bonchev–Trinajstić information content (AvgIpc) is 2.59. The van der Waals surface area contributed by atoms with Crippen LogP contribution in [-0.2, 0) is 6.18 Å². The van der Waals surface area contributed by atoms with Crippen molar-refractivity contribution in [1.29, 1.82) is 0 Å². The van der Waals surface area contributed by atoms with E-state index < -0.39 is 23.5 Å². The van der Waals surface area contributed by atoms with Gasteiger partial charge in [0.05, 0.1) is 23.8 Å². The number of pyridine rings is 1. The molecular weight excluding hydrogens is 354 g/mol. The summed E-state index contributed by atoms with van der Waals surface area (Å²) in [5, 5.41) is 9.43. The summed E-state index contributed by atoms with van der Waals surface area (Å²) in [6, 6.07) is 6.47. The van der Waals surface area contributed by atoms with Crippen molar-refractivity contribution in [3.05, 3.63) is 59.5 Å². The summed E-state index contributed by atoms with van der Waals surface area (Å²) >= 11 is 0. The molecule has 0 radical (unpaired) electrons. The Labute approximate surface area is 144 Å². The van der Waals surface area contributed by atoms with Crippen molar-refractivity contribution in [2.24, 2.45) is 0 Å². The van der Waals surface area contributed by atoms with E-state index in [1.165, 1.54) is 25.3 Å². The van der Waals surface area contributed by atoms with Crippen molar-refractivity contribution in [2.45, 2.75) is 6.18 Å². The molecule has 0 fully saturated rings. The van der Waals surface area contributed by atoms with E-state index >= 15 is 0 Å². The molecule has 0 saturated carbocycles. The maximum atomic E-state index is 14.4. The van der Waals surface area contributed by atoms with Gasteiger partial charge in [-0.15, -0.1) is 0 Å². The van der Waals surface area contributed by atoms with Crippen molar-refractivity contribution < 1.29 is 32.2 Å². The minimum atomic E-state index is -4.66. The molecule has 1 N–H and O–H groups in total. The van der Waals surface area contributed by atoms with E-state index in [4.69, 9.17) is 9.84 Å². The number of carboxylic acids is 1. The first kappa shape index (κ1) is 17.7. The van der Waals surface area contributed by atoms with Gasteiger partial charge >= 0.3 is 12.1 Å². The number of hydrogen-bond acceptors (Lipinski definition) is 3. The second-order valence-electron chi connectivity index (χ2n) is 5.47. The maximum absolute atomic E-state index is 14.4. The van der Waals surface area contributed by atoms with Crippen LogP contribution < -0.4 is 4.74 Å². The first-order valence-corrected chi connectivity index (χ1v) is 7.29. The number of ether oxygens (including phenoxy) is 1. The number of hydrogen-bond donors (Lipinski definition) is 1. The SMILES string of the molecule is COc1cc(-c2ccc(C(F)(F)F)cc2F)c2ncc(C(=O)O)cc2c1. The standard InChI is InChI=1S/C18H11F4NO3/c1-26-12-5-9-4-10(17(24)25)8-23-16(9)14(7-12)13-3-2-11(6-15(13)19)18(20,21)22/h2-8H,1H3,(H,24,25). The Kier molecular flexibility index (Phi) is 4.27. The Hall–Kier alpha value is -3.16. The number of rotatable bonds is 3. The average molecular weight is 365 g/mol. The molecule has 0 atom stereocenters. The third-order valence-electron chi connectivity index (χ3n) is 3.83. The molecule has 1 aromatic heterocycles. The summed E-state index contributed by atoms with van der Waals surface area (Å²) in [5.41, 5.74) is -0.842. The van der Waals surface area contributed by atoms with Gasteiger partial charge in [0.25, 0.3) is 0 Å². The summed E-state index contributed by atoms with van der Waals surface area (Å²) in [6.45, 7) is 0. The Balaban J connectivity index is 2.25. The van der Waals surface area contributed by atoms with E-state index in [1.54, 1.807) is 0 Å². The van der Waals surface area contributed by atoms with E-state index in [9.17, 15) is 22.4 Å². The van der Waals surface area contributed by atoms with Crippen LogP contribution in [0.4, 0.5) is 17.6 Å². The third-order valence-corrected chi connectivity index (χ3v) is 3.83. The predicted molar refractivity (Wildman–Crippen MR) is 85.7 cm³/mol. The van der Waals surface area contributed by atoms with Crippen LogP contribution in [0.5, 0.6) is 5.75 Å². The number of aromatic nitrogens is 1. The second-order valence-corrected chi connectivity index (χ2v) is 5.47. The number of carbonyl (C=O) groups is 1. The Bertz CT molecular complexity index is 1020. The summed E-state index contributed by atoms with van der Waals surface area (Å²) < 4.78 is 57.7. The lowest BCUT2D eigenvalue weighted by atomic mass is 9.99. The highest BCUT2D eigenvalue weighted by Crippen LogP contribution is 2.36. The highest BCUT2D eigenvalue weighted by Gasteiger charge is 2.31. The molecule has 0 bridgehead atoms. The zero-order chi connectivity index (χ0) is 19.1. The lowest BCUT2D eigenvalue weighted by molar-refractivity contribution is -0.137. The number of carboxylic acid groups (broad SMARTS) is 1. The molecule has 26 heavy (non-hydrogen) atoms. The monoisotopic (exact) mass is 365 g/mol. The van der Waals surface area contributed by atoms with Gasteiger partial charge in [0, 0.05) is 22.7 Å². The number of fused-ring (bicyclic) bond motifs is 1. The molecule has 0 aliphatic rings. The summed E-state index contributed by atoms with van der Waals surface area (Å²) in [5.74, 6) is -1.97. The van der Waals surface area contributed by atoms with Gasteiger partial charge in [0.2, 0.25) is 0 Å². The maximum Gasteiger partial charge on any atom is 0.416 e. The van der Waals surface area contributed by atoms with E-state index in [2.05, 4.69) is 4.98 Å². The highest BCUT2D eigenvalue weighted by molar-refractivity contribution is 5.99. The predicted octanol–water partition coefficient (Wildman–Crippen LogP) is 4.77. The van der Waals surface area contributed by atoms with E-state index in [1.807, 2.05) is 0 Å². The van der Waals surface area contributed by atoms with Gasteiger partial charge in [-0.25, -0.2) is 9.18 Å². The third kappa shape index (κ3) is 3.17. The minimum Gasteiger partial charge on any atom is -0.497 e. The van der Waals surface area contributed by atoms with Gasteiger partial charge < -0.3 is 9.84 Å². The molecule has 0 aliphatic heterocycles. The van der Waals surface area contributed by atoms with E-state index in [-0.39, 0.29) is 28.0 Å². The molecule has 134 valence electrons. The second kappa shape index (κ2) is 6.29. The lowest BCUT2D eigenvalue weighted by Crippen LogP contribution is -2.05. The van der Waals surface area contributed by atoms with Gasteiger partial charge in [0.1, 0.15) is 11.6 Å². The van der Waals surface area contributed by atoms with Crippen LogP contribution in [0.1, 0.15) is 15.9 Å². The summed E-state index contributed by atoms with van der Waals surface area (Å²) in [7, 11) is 1.36. The van der Waals surface area contributed by atoms with Crippen LogP contribution in [-0.4, -0.2) is 23.2 Å². The molecule has 3 rings (SSSR count). The first-order valence-electron chi connectivity index (χ1n) is 7.29. The fourth-order valence-corrected chi connectivity index (χ4v) is 2.57. The zero-order valence-corrected chi connectivity index (χ0v) is 13.3. The van der Waals surface area contributed by atoms with Gasteiger partial charge in [-0.1, -0.05) is 6.07 Å². The smallest absolute Gasteiger partial charge is 0.416 e. The minimum absolute atomic E-state index is 0.0791. The number of aromatic carboxylic acids is 1. The molecule has 3 aromatic rings. The summed E-state index contributed by atoms with van der Waals surface area (Å²) in [6.07, 6.45) is -3.56.